The van der Waals surface area contributed by atoms with Crippen LogP contribution in [0.25, 0.3) is 22.4 Å². The van der Waals surface area contributed by atoms with Gasteiger partial charge in [0.1, 0.15) is 11.4 Å². The Balaban J connectivity index is 1.60. The van der Waals surface area contributed by atoms with Gasteiger partial charge in [-0.15, -0.1) is 0 Å². The number of carbonyl (C=O) groups is 3. The summed E-state index contributed by atoms with van der Waals surface area (Å²) >= 11 is 0. The van der Waals surface area contributed by atoms with E-state index in [1.54, 1.807) is 42.0 Å². The number of aromatic nitrogens is 3. The Morgan fingerprint density at radius 1 is 1.21 bits per heavy atom. The van der Waals surface area contributed by atoms with Crippen LogP contribution in [-0.4, -0.2) is 57.3 Å². The van der Waals surface area contributed by atoms with Gasteiger partial charge in [0.25, 0.3) is 0 Å². The number of benzene rings is 1. The predicted octanol–water partition coefficient (Wildman–Crippen LogP) is 1.26. The molecule has 0 unspecified atom stereocenters. The number of carbonyl (C=O) groups excluding carboxylic acids is 3. The first-order valence-corrected chi connectivity index (χ1v) is 10.9. The van der Waals surface area contributed by atoms with Crippen molar-refractivity contribution >= 4 is 34.5 Å². The Bertz CT molecular complexity index is 1380. The molecule has 2 saturated heterocycles. The summed E-state index contributed by atoms with van der Waals surface area (Å²) < 4.78 is 29.1. The number of hydrogen-bond donors (Lipinski definition) is 2. The van der Waals surface area contributed by atoms with Gasteiger partial charge in [0.2, 0.25) is 17.4 Å². The highest BCUT2D eigenvalue weighted by atomic mass is 19.1. The summed E-state index contributed by atoms with van der Waals surface area (Å²) in [6, 6.07) is -0.0307. The molecule has 5 heterocycles. The molecule has 6 rings (SSSR count). The highest BCUT2D eigenvalue weighted by molar-refractivity contribution is 6.20. The number of barbiturate groups is 1. The lowest BCUT2D eigenvalue weighted by Gasteiger charge is -2.55. The molecule has 0 bridgehead atoms. The van der Waals surface area contributed by atoms with E-state index >= 15 is 4.39 Å². The summed E-state index contributed by atoms with van der Waals surface area (Å²) in [4.78, 5) is 44.3. The minimum atomic E-state index is -1.69. The van der Waals surface area contributed by atoms with Crippen molar-refractivity contribution < 1.29 is 28.0 Å². The van der Waals surface area contributed by atoms with E-state index in [9.17, 15) is 14.4 Å². The average molecular weight is 468 g/mol. The largest absolute Gasteiger partial charge is 0.372 e. The van der Waals surface area contributed by atoms with Crippen LogP contribution >= 0.6 is 0 Å². The van der Waals surface area contributed by atoms with Crippen molar-refractivity contribution in [1.29, 1.82) is 0 Å². The molecule has 11 nitrogen and oxygen atoms in total. The number of imide groups is 2. The lowest BCUT2D eigenvalue weighted by Crippen LogP contribution is -2.75. The van der Waals surface area contributed by atoms with E-state index in [2.05, 4.69) is 20.8 Å². The van der Waals surface area contributed by atoms with Crippen molar-refractivity contribution in [3.8, 4) is 11.4 Å². The average Bonchev–Trinajstić information content (AvgIpc) is 3.37. The molecule has 12 heteroatoms. The van der Waals surface area contributed by atoms with Gasteiger partial charge in [0.15, 0.2) is 11.2 Å². The molecule has 3 atom stereocenters. The van der Waals surface area contributed by atoms with Crippen molar-refractivity contribution in [3.63, 3.8) is 0 Å². The summed E-state index contributed by atoms with van der Waals surface area (Å²) in [5.74, 6) is -2.10. The van der Waals surface area contributed by atoms with Crippen LogP contribution in [0, 0.1) is 11.2 Å². The first-order chi connectivity index (χ1) is 16.2. The minimum Gasteiger partial charge on any atom is -0.372 e. The fourth-order valence-electron chi connectivity index (χ4n) is 5.67. The lowest BCUT2D eigenvalue weighted by atomic mass is 9.66. The number of ether oxygens (including phenoxy) is 1. The number of urea groups is 1. The molecular weight excluding hydrogens is 447 g/mol. The number of nitrogens with zero attached hydrogens (tertiary/aromatic N) is 4. The second-order valence-electron chi connectivity index (χ2n) is 9.17. The fourth-order valence-corrected chi connectivity index (χ4v) is 5.67. The zero-order valence-corrected chi connectivity index (χ0v) is 18.6. The number of nitrogens with one attached hydrogen (secondary N) is 2. The molecule has 0 aliphatic carbocycles. The van der Waals surface area contributed by atoms with E-state index in [4.69, 9.17) is 9.26 Å². The number of aryl methyl sites for hydroxylation is 1. The maximum absolute atomic E-state index is 16.0. The fraction of sp³-hybridized carbons (Fsp3) is 0.409. The van der Waals surface area contributed by atoms with Crippen LogP contribution in [0.15, 0.2) is 23.1 Å². The zero-order valence-electron chi connectivity index (χ0n) is 18.6. The quantitative estimate of drug-likeness (QED) is 0.511. The number of fused-ring (bicyclic) bond motifs is 5. The van der Waals surface area contributed by atoms with Crippen LogP contribution in [-0.2, 0) is 27.8 Å². The first kappa shape index (κ1) is 20.8. The number of anilines is 1. The summed E-state index contributed by atoms with van der Waals surface area (Å²) in [5.41, 5.74) is -0.202. The molecule has 176 valence electrons. The van der Waals surface area contributed by atoms with Crippen molar-refractivity contribution in [1.82, 2.24) is 25.3 Å². The molecule has 0 saturated carbocycles. The van der Waals surface area contributed by atoms with Gasteiger partial charge in [0.05, 0.1) is 35.7 Å². The number of imidazole rings is 1. The van der Waals surface area contributed by atoms with Gasteiger partial charge in [-0.05, 0) is 25.5 Å². The Morgan fingerprint density at radius 2 is 1.94 bits per heavy atom. The molecule has 2 fully saturated rings. The molecule has 2 N–H and O–H groups in total. The summed E-state index contributed by atoms with van der Waals surface area (Å²) in [6.45, 7) is 3.81. The topological polar surface area (TPSA) is 132 Å². The van der Waals surface area contributed by atoms with Crippen LogP contribution in [0.1, 0.15) is 19.4 Å². The molecule has 3 aliphatic rings. The molecule has 1 aromatic carbocycles. The van der Waals surface area contributed by atoms with E-state index in [-0.39, 0.29) is 30.3 Å². The Kier molecular flexibility index (Phi) is 4.19. The van der Waals surface area contributed by atoms with Crippen molar-refractivity contribution in [2.45, 2.75) is 38.5 Å². The lowest BCUT2D eigenvalue weighted by molar-refractivity contribution is -0.153. The first-order valence-electron chi connectivity index (χ1n) is 10.9. The van der Waals surface area contributed by atoms with Gasteiger partial charge in [-0.25, -0.2) is 14.2 Å². The third-order valence-electron chi connectivity index (χ3n) is 6.91. The number of hydrogen-bond acceptors (Lipinski definition) is 8. The van der Waals surface area contributed by atoms with Crippen LogP contribution in [0.2, 0.25) is 0 Å². The maximum atomic E-state index is 16.0. The van der Waals surface area contributed by atoms with Crippen molar-refractivity contribution in [2.24, 2.45) is 12.5 Å². The number of halogens is 1. The zero-order chi connectivity index (χ0) is 23.9. The van der Waals surface area contributed by atoms with Gasteiger partial charge in [-0.1, -0.05) is 5.16 Å². The second kappa shape index (κ2) is 6.86. The Labute approximate surface area is 192 Å². The third-order valence-corrected chi connectivity index (χ3v) is 6.91. The van der Waals surface area contributed by atoms with Crippen LogP contribution in [0.3, 0.4) is 0 Å². The van der Waals surface area contributed by atoms with Crippen LogP contribution in [0.4, 0.5) is 14.9 Å². The van der Waals surface area contributed by atoms with Crippen molar-refractivity contribution in [3.05, 3.63) is 30.0 Å². The van der Waals surface area contributed by atoms with E-state index in [0.717, 1.165) is 0 Å². The number of amides is 4. The second-order valence-corrected chi connectivity index (χ2v) is 9.17. The number of morpholine rings is 1. The highest BCUT2D eigenvalue weighted by Gasteiger charge is 2.63. The van der Waals surface area contributed by atoms with E-state index < -0.39 is 41.2 Å². The summed E-state index contributed by atoms with van der Waals surface area (Å²) in [6.07, 6.45) is 2.30. The van der Waals surface area contributed by atoms with Gasteiger partial charge >= 0.3 is 6.03 Å². The molecule has 34 heavy (non-hydrogen) atoms. The summed E-state index contributed by atoms with van der Waals surface area (Å²) in [7, 11) is 1.80. The highest BCUT2D eigenvalue weighted by Crippen LogP contribution is 2.49. The molecule has 3 aliphatic heterocycles. The molecular formula is C22H21FN6O5. The summed E-state index contributed by atoms with van der Waals surface area (Å²) in [5, 5.41) is 8.88. The maximum Gasteiger partial charge on any atom is 0.328 e. The van der Waals surface area contributed by atoms with Gasteiger partial charge in [0, 0.05) is 26.2 Å². The van der Waals surface area contributed by atoms with Crippen LogP contribution < -0.4 is 15.5 Å². The molecule has 0 radical (unpaired) electrons. The Morgan fingerprint density at radius 3 is 2.62 bits per heavy atom. The molecule has 1 spiro atoms. The van der Waals surface area contributed by atoms with Gasteiger partial charge < -0.3 is 18.7 Å². The van der Waals surface area contributed by atoms with E-state index in [0.29, 0.717) is 22.3 Å². The van der Waals surface area contributed by atoms with E-state index in [1.807, 2.05) is 6.92 Å². The monoisotopic (exact) mass is 468 g/mol. The van der Waals surface area contributed by atoms with Gasteiger partial charge in [-0.2, -0.15) is 0 Å². The SMILES string of the molecule is C[C@@H]1CN2c3c(cc4c(-c5cn(C)cn5)noc4c3F)CC3(C(=O)NC(=O)NC3=O)[C@H]2[C@H](C)O1. The van der Waals surface area contributed by atoms with Crippen molar-refractivity contribution in [2.75, 3.05) is 11.4 Å². The third kappa shape index (κ3) is 2.62. The van der Waals surface area contributed by atoms with Gasteiger partial charge in [-0.3, -0.25) is 20.2 Å². The standard InChI is InChI=1S/C22H21FN6O5/c1-9-6-29-16-11(4-12-15(13-7-28(3)8-24-13)27-34-17(12)14(16)23)5-22(18(29)10(2)33-9)19(30)25-21(32)26-20(22)31/h4,7-10,18H,5-6H2,1-3H3,(H2,25,26,30,31,32)/t9-,10+,18-/m1/s1. The van der Waals surface area contributed by atoms with E-state index in [1.165, 1.54) is 0 Å². The molecule has 2 aromatic heterocycles. The Hall–Kier alpha value is -3.80. The smallest absolute Gasteiger partial charge is 0.328 e. The minimum absolute atomic E-state index is 0.0337. The predicted molar refractivity (Wildman–Crippen MR) is 115 cm³/mol. The van der Waals surface area contributed by atoms with Crippen LogP contribution in [0.5, 0.6) is 0 Å². The molecule has 4 amide bonds. The number of rotatable bonds is 1. The normalized spacial score (nSPS) is 25.8. The molecule has 3 aromatic rings.